The third-order valence-corrected chi connectivity index (χ3v) is 5.37. The molecular weight excluding hydrogens is 381 g/mol. The van der Waals surface area contributed by atoms with E-state index in [4.69, 9.17) is 0 Å². The van der Waals surface area contributed by atoms with E-state index in [1.54, 1.807) is 0 Å². The number of alkyl halides is 3. The van der Waals surface area contributed by atoms with Crippen LogP contribution in [0, 0.1) is 0 Å². The molecule has 1 fully saturated rings. The number of hydrogen-bond acceptors (Lipinski definition) is 4. The fourth-order valence-corrected chi connectivity index (χ4v) is 4.19. The van der Waals surface area contributed by atoms with Crippen molar-refractivity contribution in [1.29, 1.82) is 0 Å². The lowest BCUT2D eigenvalue weighted by Gasteiger charge is -2.32. The van der Waals surface area contributed by atoms with E-state index >= 15 is 0 Å². The SMILES string of the molecule is CCCN1CCC(NS(=O)(=O)c2ccccc2OC(F)(F)F)CC1.Cl. The van der Waals surface area contributed by atoms with E-state index in [-0.39, 0.29) is 18.4 Å². The minimum Gasteiger partial charge on any atom is -0.404 e. The summed E-state index contributed by atoms with van der Waals surface area (Å²) in [5, 5.41) is 0. The summed E-state index contributed by atoms with van der Waals surface area (Å²) in [6.45, 7) is 4.57. The summed E-state index contributed by atoms with van der Waals surface area (Å²) < 4.78 is 68.5. The summed E-state index contributed by atoms with van der Waals surface area (Å²) in [5.41, 5.74) is 0. The van der Waals surface area contributed by atoms with Crippen LogP contribution in [0.2, 0.25) is 0 Å². The fourth-order valence-electron chi connectivity index (χ4n) is 2.75. The van der Waals surface area contributed by atoms with E-state index in [1.165, 1.54) is 12.1 Å². The van der Waals surface area contributed by atoms with Crippen LogP contribution in [-0.2, 0) is 10.0 Å². The van der Waals surface area contributed by atoms with E-state index in [0.29, 0.717) is 12.8 Å². The standard InChI is InChI=1S/C15H21F3N2O3S.ClH/c1-2-9-20-10-7-12(8-11-20)19-24(21,22)14-6-4-3-5-13(14)23-15(16,17)18;/h3-6,12,19H,2,7-11H2,1H3;1H. The molecule has 1 heterocycles. The maximum atomic E-state index is 12.4. The number of benzene rings is 1. The molecule has 0 spiro atoms. The fraction of sp³-hybridized carbons (Fsp3) is 0.600. The second-order valence-electron chi connectivity index (χ2n) is 5.73. The van der Waals surface area contributed by atoms with Crippen molar-refractivity contribution in [3.63, 3.8) is 0 Å². The first-order valence-corrected chi connectivity index (χ1v) is 9.29. The van der Waals surface area contributed by atoms with Crippen LogP contribution < -0.4 is 9.46 Å². The number of nitrogens with one attached hydrogen (secondary N) is 1. The van der Waals surface area contributed by atoms with Crippen LogP contribution in [0.1, 0.15) is 26.2 Å². The van der Waals surface area contributed by atoms with Crippen LogP contribution in [0.25, 0.3) is 0 Å². The Bertz CT molecular complexity index is 648. The average Bonchev–Trinajstić information content (AvgIpc) is 2.48. The highest BCUT2D eigenvalue weighted by Crippen LogP contribution is 2.29. The molecule has 0 amide bonds. The molecule has 0 saturated carbocycles. The zero-order valence-corrected chi connectivity index (χ0v) is 15.4. The predicted octanol–water partition coefficient (Wildman–Crippen LogP) is 3.16. The molecule has 10 heteroatoms. The smallest absolute Gasteiger partial charge is 0.404 e. The molecule has 1 aromatic carbocycles. The minimum atomic E-state index is -4.95. The summed E-state index contributed by atoms with van der Waals surface area (Å²) >= 11 is 0. The number of likely N-dealkylation sites (tertiary alicyclic amines) is 1. The van der Waals surface area contributed by atoms with Gasteiger partial charge in [0.25, 0.3) is 0 Å². The lowest BCUT2D eigenvalue weighted by Crippen LogP contribution is -2.44. The zero-order valence-electron chi connectivity index (χ0n) is 13.8. The van der Waals surface area contributed by atoms with Crippen molar-refractivity contribution in [3.05, 3.63) is 24.3 Å². The number of para-hydroxylation sites is 1. The molecule has 144 valence electrons. The summed E-state index contributed by atoms with van der Waals surface area (Å²) in [5.74, 6) is -0.721. The molecule has 5 nitrogen and oxygen atoms in total. The summed E-state index contributed by atoms with van der Waals surface area (Å²) in [7, 11) is -4.09. The maximum Gasteiger partial charge on any atom is 0.573 e. The van der Waals surface area contributed by atoms with Gasteiger partial charge in [-0.3, -0.25) is 0 Å². The van der Waals surface area contributed by atoms with Gasteiger partial charge in [0.05, 0.1) is 0 Å². The van der Waals surface area contributed by atoms with Crippen molar-refractivity contribution < 1.29 is 26.3 Å². The predicted molar refractivity (Wildman–Crippen MR) is 90.4 cm³/mol. The Labute approximate surface area is 152 Å². The van der Waals surface area contributed by atoms with Crippen molar-refractivity contribution in [2.24, 2.45) is 0 Å². The van der Waals surface area contributed by atoms with Crippen LogP contribution in [0.3, 0.4) is 0 Å². The normalized spacial score (nSPS) is 17.1. The summed E-state index contributed by atoms with van der Waals surface area (Å²) in [4.78, 5) is 1.74. The Hall–Kier alpha value is -1.03. The molecular formula is C15H22ClF3N2O3S. The Balaban J connectivity index is 0.00000312. The second kappa shape index (κ2) is 9.07. The van der Waals surface area contributed by atoms with Gasteiger partial charge in [0.15, 0.2) is 0 Å². The van der Waals surface area contributed by atoms with Gasteiger partial charge in [-0.2, -0.15) is 0 Å². The first-order valence-electron chi connectivity index (χ1n) is 7.81. The van der Waals surface area contributed by atoms with Crippen LogP contribution >= 0.6 is 12.4 Å². The lowest BCUT2D eigenvalue weighted by atomic mass is 10.1. The highest BCUT2D eigenvalue weighted by molar-refractivity contribution is 7.89. The van der Waals surface area contributed by atoms with E-state index in [2.05, 4.69) is 21.3 Å². The molecule has 0 unspecified atom stereocenters. The second-order valence-corrected chi connectivity index (χ2v) is 7.41. The monoisotopic (exact) mass is 402 g/mol. The first-order chi connectivity index (χ1) is 11.2. The molecule has 0 aliphatic carbocycles. The van der Waals surface area contributed by atoms with Gasteiger partial charge >= 0.3 is 6.36 Å². The van der Waals surface area contributed by atoms with Crippen molar-refractivity contribution in [2.45, 2.75) is 43.5 Å². The van der Waals surface area contributed by atoms with Crippen LogP contribution in [-0.4, -0.2) is 45.4 Å². The Kier molecular flexibility index (Phi) is 7.98. The summed E-state index contributed by atoms with van der Waals surface area (Å²) in [6, 6.07) is 4.47. The van der Waals surface area contributed by atoms with E-state index < -0.39 is 27.0 Å². The lowest BCUT2D eigenvalue weighted by molar-refractivity contribution is -0.275. The number of ether oxygens (including phenoxy) is 1. The van der Waals surface area contributed by atoms with E-state index in [1.807, 2.05) is 0 Å². The molecule has 1 aliphatic rings. The average molecular weight is 403 g/mol. The van der Waals surface area contributed by atoms with Crippen molar-refractivity contribution in [1.82, 2.24) is 9.62 Å². The molecule has 0 bridgehead atoms. The van der Waals surface area contributed by atoms with Gasteiger partial charge < -0.3 is 9.64 Å². The molecule has 2 rings (SSSR count). The highest BCUT2D eigenvalue weighted by Gasteiger charge is 2.34. The maximum absolute atomic E-state index is 12.4. The number of sulfonamides is 1. The number of rotatable bonds is 6. The van der Waals surface area contributed by atoms with Gasteiger partial charge in [0.1, 0.15) is 10.6 Å². The summed E-state index contributed by atoms with van der Waals surface area (Å²) in [6.07, 6.45) is -2.67. The molecule has 1 aromatic rings. The van der Waals surface area contributed by atoms with Crippen LogP contribution in [0.5, 0.6) is 5.75 Å². The molecule has 0 radical (unpaired) electrons. The number of hydrogen-bond donors (Lipinski definition) is 1. The van der Waals surface area contributed by atoms with Crippen LogP contribution in [0.15, 0.2) is 29.2 Å². The number of piperidine rings is 1. The minimum absolute atomic E-state index is 0. The molecule has 25 heavy (non-hydrogen) atoms. The van der Waals surface area contributed by atoms with E-state index in [0.717, 1.165) is 38.2 Å². The van der Waals surface area contributed by atoms with Crippen LogP contribution in [0.4, 0.5) is 13.2 Å². The van der Waals surface area contributed by atoms with Crippen molar-refractivity contribution >= 4 is 22.4 Å². The Morgan fingerprint density at radius 3 is 2.40 bits per heavy atom. The van der Waals surface area contributed by atoms with Crippen molar-refractivity contribution in [3.8, 4) is 5.75 Å². The van der Waals surface area contributed by atoms with Gasteiger partial charge in [-0.15, -0.1) is 25.6 Å². The zero-order chi connectivity index (χ0) is 17.8. The van der Waals surface area contributed by atoms with E-state index in [9.17, 15) is 21.6 Å². The molecule has 0 aromatic heterocycles. The molecule has 1 saturated heterocycles. The Morgan fingerprint density at radius 1 is 1.24 bits per heavy atom. The molecule has 0 atom stereocenters. The quantitative estimate of drug-likeness (QED) is 0.794. The van der Waals surface area contributed by atoms with Gasteiger partial charge in [-0.25, -0.2) is 13.1 Å². The highest BCUT2D eigenvalue weighted by atomic mass is 35.5. The molecule has 1 aliphatic heterocycles. The Morgan fingerprint density at radius 2 is 1.84 bits per heavy atom. The third kappa shape index (κ3) is 6.65. The van der Waals surface area contributed by atoms with Crippen molar-refractivity contribution in [2.75, 3.05) is 19.6 Å². The van der Waals surface area contributed by atoms with Gasteiger partial charge in [-0.05, 0) is 51.0 Å². The largest absolute Gasteiger partial charge is 0.573 e. The number of halogens is 4. The topological polar surface area (TPSA) is 58.6 Å². The number of nitrogens with zero attached hydrogens (tertiary/aromatic N) is 1. The van der Waals surface area contributed by atoms with Gasteiger partial charge in [0, 0.05) is 6.04 Å². The molecule has 1 N–H and O–H groups in total. The van der Waals surface area contributed by atoms with Gasteiger partial charge in [-0.1, -0.05) is 19.1 Å². The van der Waals surface area contributed by atoms with Gasteiger partial charge in [0.2, 0.25) is 10.0 Å². The first kappa shape index (κ1) is 22.0. The third-order valence-electron chi connectivity index (χ3n) is 3.81.